The van der Waals surface area contributed by atoms with Crippen LogP contribution >= 0.6 is 12.1 Å². The van der Waals surface area contributed by atoms with Gasteiger partial charge in [-0.05, 0) is 12.8 Å². The highest BCUT2D eigenvalue weighted by molar-refractivity contribution is 7.98. The number of benzene rings is 1. The van der Waals surface area contributed by atoms with Gasteiger partial charge in [-0.25, -0.2) is 4.31 Å². The van der Waals surface area contributed by atoms with E-state index in [-0.39, 0.29) is 0 Å². The van der Waals surface area contributed by atoms with Gasteiger partial charge in [0.25, 0.3) is 0 Å². The standard InChI is InChI=1S/C16H23N3OS/c1-3-5-12-19(11-4-2)21-18-15-13-17-20-16(15)14-9-7-6-8-10-14/h6-10,13,18H,3-5,11-12H2,1-2H3. The number of nitrogens with zero attached hydrogens (tertiary/aromatic N) is 2. The summed E-state index contributed by atoms with van der Waals surface area (Å²) in [6.45, 7) is 6.58. The number of nitrogens with one attached hydrogen (secondary N) is 1. The van der Waals surface area contributed by atoms with Gasteiger partial charge in [-0.15, -0.1) is 0 Å². The molecule has 1 aromatic carbocycles. The van der Waals surface area contributed by atoms with Crippen LogP contribution in [0.3, 0.4) is 0 Å². The summed E-state index contributed by atoms with van der Waals surface area (Å²) in [6.07, 6.45) is 5.31. The van der Waals surface area contributed by atoms with Crippen molar-refractivity contribution in [2.45, 2.75) is 33.1 Å². The Bertz CT molecular complexity index is 515. The molecule has 0 saturated carbocycles. The van der Waals surface area contributed by atoms with Gasteiger partial charge in [0.15, 0.2) is 5.76 Å². The molecule has 0 aliphatic carbocycles. The van der Waals surface area contributed by atoms with Gasteiger partial charge in [0.2, 0.25) is 0 Å². The highest BCUT2D eigenvalue weighted by atomic mass is 32.2. The summed E-state index contributed by atoms with van der Waals surface area (Å²) >= 11 is 1.64. The Hall–Kier alpha value is -1.46. The second kappa shape index (κ2) is 8.74. The van der Waals surface area contributed by atoms with Gasteiger partial charge in [-0.2, -0.15) is 0 Å². The van der Waals surface area contributed by atoms with Crippen molar-refractivity contribution in [1.29, 1.82) is 0 Å². The average Bonchev–Trinajstić information content (AvgIpc) is 2.99. The minimum absolute atomic E-state index is 0.787. The van der Waals surface area contributed by atoms with E-state index in [9.17, 15) is 0 Å². The van der Waals surface area contributed by atoms with Crippen LogP contribution < -0.4 is 4.72 Å². The number of hydrogen-bond donors (Lipinski definition) is 1. The predicted molar refractivity (Wildman–Crippen MR) is 89.9 cm³/mol. The van der Waals surface area contributed by atoms with E-state index in [1.807, 2.05) is 30.3 Å². The van der Waals surface area contributed by atoms with Crippen molar-refractivity contribution < 1.29 is 4.52 Å². The van der Waals surface area contributed by atoms with Gasteiger partial charge in [0.05, 0.1) is 6.20 Å². The molecule has 2 aromatic rings. The Labute approximate surface area is 131 Å². The lowest BCUT2D eigenvalue weighted by Gasteiger charge is -2.20. The lowest BCUT2D eigenvalue weighted by atomic mass is 10.1. The first-order valence-electron chi connectivity index (χ1n) is 7.53. The average molecular weight is 305 g/mol. The third kappa shape index (κ3) is 4.79. The molecule has 0 unspecified atom stereocenters. The van der Waals surface area contributed by atoms with E-state index in [1.165, 1.54) is 12.8 Å². The monoisotopic (exact) mass is 305 g/mol. The van der Waals surface area contributed by atoms with Crippen LogP contribution in [0.25, 0.3) is 11.3 Å². The molecule has 1 heterocycles. The molecule has 0 fully saturated rings. The maximum atomic E-state index is 5.38. The minimum Gasteiger partial charge on any atom is -0.354 e. The Kier molecular flexibility index (Phi) is 6.63. The van der Waals surface area contributed by atoms with Crippen LogP contribution in [-0.4, -0.2) is 22.6 Å². The zero-order valence-corrected chi connectivity index (χ0v) is 13.5. The van der Waals surface area contributed by atoms with Crippen LogP contribution in [0.2, 0.25) is 0 Å². The Balaban J connectivity index is 1.98. The molecule has 0 saturated heterocycles. The van der Waals surface area contributed by atoms with E-state index in [4.69, 9.17) is 4.52 Å². The molecule has 0 aliphatic rings. The molecular formula is C16H23N3OS. The topological polar surface area (TPSA) is 41.3 Å². The maximum absolute atomic E-state index is 5.38. The molecule has 114 valence electrons. The van der Waals surface area contributed by atoms with Gasteiger partial charge >= 0.3 is 0 Å². The first-order chi connectivity index (χ1) is 10.3. The van der Waals surface area contributed by atoms with Crippen molar-refractivity contribution in [1.82, 2.24) is 9.46 Å². The van der Waals surface area contributed by atoms with Gasteiger partial charge in [0.1, 0.15) is 5.69 Å². The lowest BCUT2D eigenvalue weighted by molar-refractivity contribution is 0.432. The summed E-state index contributed by atoms with van der Waals surface area (Å²) in [5, 5.41) is 3.92. The number of hydrogen-bond acceptors (Lipinski definition) is 5. The normalized spacial score (nSPS) is 11.0. The molecule has 1 aromatic heterocycles. The van der Waals surface area contributed by atoms with E-state index >= 15 is 0 Å². The second-order valence-corrected chi connectivity index (χ2v) is 5.81. The van der Waals surface area contributed by atoms with Crippen LogP contribution in [0.1, 0.15) is 33.1 Å². The molecular weight excluding hydrogens is 282 g/mol. The van der Waals surface area contributed by atoms with Crippen molar-refractivity contribution >= 4 is 17.8 Å². The van der Waals surface area contributed by atoms with Crippen LogP contribution in [-0.2, 0) is 0 Å². The molecule has 0 amide bonds. The van der Waals surface area contributed by atoms with Crippen molar-refractivity contribution in [3.05, 3.63) is 36.5 Å². The van der Waals surface area contributed by atoms with E-state index < -0.39 is 0 Å². The lowest BCUT2D eigenvalue weighted by Crippen LogP contribution is -2.20. The molecule has 21 heavy (non-hydrogen) atoms. The highest BCUT2D eigenvalue weighted by Crippen LogP contribution is 2.30. The summed E-state index contributed by atoms with van der Waals surface area (Å²) < 4.78 is 11.1. The minimum atomic E-state index is 0.787. The van der Waals surface area contributed by atoms with Crippen LogP contribution in [0.4, 0.5) is 5.69 Å². The fourth-order valence-corrected chi connectivity index (χ4v) is 2.88. The van der Waals surface area contributed by atoms with Gasteiger partial charge in [-0.1, -0.05) is 55.8 Å². The van der Waals surface area contributed by atoms with Gasteiger partial charge in [0, 0.05) is 30.8 Å². The first kappa shape index (κ1) is 15.9. The maximum Gasteiger partial charge on any atom is 0.190 e. The second-order valence-electron chi connectivity index (χ2n) is 4.91. The molecule has 0 bridgehead atoms. The summed E-state index contributed by atoms with van der Waals surface area (Å²) in [5.41, 5.74) is 1.96. The van der Waals surface area contributed by atoms with Crippen LogP contribution in [0.5, 0.6) is 0 Å². The number of anilines is 1. The SMILES string of the molecule is CCCCN(CCC)SNc1cnoc1-c1ccccc1. The summed E-state index contributed by atoms with van der Waals surface area (Å²) in [4.78, 5) is 0. The Morgan fingerprint density at radius 3 is 2.67 bits per heavy atom. The smallest absolute Gasteiger partial charge is 0.190 e. The zero-order valence-electron chi connectivity index (χ0n) is 12.7. The fourth-order valence-electron chi connectivity index (χ4n) is 2.01. The third-order valence-electron chi connectivity index (χ3n) is 3.13. The number of aromatic nitrogens is 1. The molecule has 2 rings (SSSR count). The van der Waals surface area contributed by atoms with Crippen molar-refractivity contribution in [2.24, 2.45) is 0 Å². The molecule has 0 atom stereocenters. The van der Waals surface area contributed by atoms with Gasteiger partial charge in [-0.3, -0.25) is 0 Å². The van der Waals surface area contributed by atoms with Crippen LogP contribution in [0.15, 0.2) is 41.1 Å². The summed E-state index contributed by atoms with van der Waals surface area (Å²) in [6, 6.07) is 10.0. The summed E-state index contributed by atoms with van der Waals surface area (Å²) in [5.74, 6) is 0.787. The highest BCUT2D eigenvalue weighted by Gasteiger charge is 2.12. The Morgan fingerprint density at radius 2 is 1.95 bits per heavy atom. The molecule has 1 N–H and O–H groups in total. The van der Waals surface area contributed by atoms with Crippen molar-refractivity contribution in [3.8, 4) is 11.3 Å². The van der Waals surface area contributed by atoms with E-state index in [2.05, 4.69) is 28.0 Å². The molecule has 4 nitrogen and oxygen atoms in total. The number of rotatable bonds is 9. The number of unbranched alkanes of at least 4 members (excludes halogenated alkanes) is 1. The third-order valence-corrected chi connectivity index (χ3v) is 4.06. The van der Waals surface area contributed by atoms with Gasteiger partial charge < -0.3 is 9.25 Å². The molecule has 5 heteroatoms. The van der Waals surface area contributed by atoms with Crippen LogP contribution in [0, 0.1) is 0 Å². The predicted octanol–water partition coefficient (Wildman–Crippen LogP) is 4.83. The largest absolute Gasteiger partial charge is 0.354 e. The van der Waals surface area contributed by atoms with E-state index in [0.29, 0.717) is 0 Å². The quantitative estimate of drug-likeness (QED) is 0.672. The Morgan fingerprint density at radius 1 is 1.14 bits per heavy atom. The van der Waals surface area contributed by atoms with E-state index in [1.54, 1.807) is 18.3 Å². The van der Waals surface area contributed by atoms with Crippen molar-refractivity contribution in [2.75, 3.05) is 17.8 Å². The first-order valence-corrected chi connectivity index (χ1v) is 8.30. The van der Waals surface area contributed by atoms with E-state index in [0.717, 1.165) is 36.5 Å². The fraction of sp³-hybridized carbons (Fsp3) is 0.438. The zero-order chi connectivity index (χ0) is 14.9. The molecule has 0 spiro atoms. The summed E-state index contributed by atoms with van der Waals surface area (Å²) in [7, 11) is 0. The van der Waals surface area contributed by atoms with Crippen molar-refractivity contribution in [3.63, 3.8) is 0 Å². The molecule has 0 radical (unpaired) electrons. The molecule has 0 aliphatic heterocycles.